The number of hydrogen-bond acceptors (Lipinski definition) is 3. The second-order valence-corrected chi connectivity index (χ2v) is 3.04. The molecule has 0 radical (unpaired) electrons. The third-order valence-electron chi connectivity index (χ3n) is 1.84. The highest BCUT2D eigenvalue weighted by Gasteiger charge is 2.07. The molecule has 2 N–H and O–H groups in total. The van der Waals surface area contributed by atoms with Gasteiger partial charge < -0.3 is 14.8 Å². The lowest BCUT2D eigenvalue weighted by molar-refractivity contribution is -0.0498. The summed E-state index contributed by atoms with van der Waals surface area (Å²) in [5, 5.41) is 17.2. The molecular formula is C9H11BF2O3. The Kier molecular flexibility index (Phi) is 4.52. The second kappa shape index (κ2) is 5.67. The lowest BCUT2D eigenvalue weighted by Crippen LogP contribution is -2.11. The first-order valence-electron chi connectivity index (χ1n) is 4.48. The van der Waals surface area contributed by atoms with Gasteiger partial charge in [-0.15, -0.1) is 0 Å². The largest absolute Gasteiger partial charge is 0.451 e. The van der Waals surface area contributed by atoms with Crippen LogP contribution >= 0.6 is 0 Å². The Balaban J connectivity index is 2.49. The number of rotatable bonds is 5. The number of benzene rings is 1. The Bertz CT molecular complexity index is 290. The predicted molar refractivity (Wildman–Crippen MR) is 51.8 cm³/mol. The molecule has 0 spiro atoms. The van der Waals surface area contributed by atoms with Crippen molar-refractivity contribution in [3.05, 3.63) is 29.8 Å². The zero-order valence-electron chi connectivity index (χ0n) is 7.94. The number of hydrogen-bond donors (Lipinski definition) is 2. The highest BCUT2D eigenvalue weighted by atomic mass is 19.3. The van der Waals surface area contributed by atoms with Gasteiger partial charge in [-0.2, -0.15) is 8.78 Å². The molecule has 1 rings (SSSR count). The number of aryl methyl sites for hydroxylation is 1. The van der Waals surface area contributed by atoms with E-state index in [0.29, 0.717) is 6.42 Å². The average molecular weight is 216 g/mol. The zero-order chi connectivity index (χ0) is 11.3. The van der Waals surface area contributed by atoms with E-state index in [-0.39, 0.29) is 12.1 Å². The van der Waals surface area contributed by atoms with Crippen molar-refractivity contribution in [2.45, 2.75) is 19.4 Å². The van der Waals surface area contributed by atoms with Gasteiger partial charge >= 0.3 is 13.7 Å². The number of alkyl halides is 2. The fourth-order valence-corrected chi connectivity index (χ4v) is 1.13. The van der Waals surface area contributed by atoms with Gasteiger partial charge in [0.05, 0.1) is 0 Å². The fourth-order valence-electron chi connectivity index (χ4n) is 1.13. The van der Waals surface area contributed by atoms with Crippen LogP contribution in [0.4, 0.5) is 8.78 Å². The highest BCUT2D eigenvalue weighted by Crippen LogP contribution is 2.15. The van der Waals surface area contributed by atoms with E-state index in [1.54, 1.807) is 12.1 Å². The van der Waals surface area contributed by atoms with Gasteiger partial charge in [-0.3, -0.25) is 0 Å². The summed E-state index contributed by atoms with van der Waals surface area (Å²) in [7, 11) is -1.35. The van der Waals surface area contributed by atoms with E-state index in [9.17, 15) is 8.78 Å². The molecule has 0 aliphatic heterocycles. The van der Waals surface area contributed by atoms with Crippen LogP contribution in [0.25, 0.3) is 0 Å². The molecule has 3 nitrogen and oxygen atoms in total. The molecule has 0 aliphatic rings. The number of halogens is 2. The molecule has 0 aliphatic carbocycles. The quantitative estimate of drug-likeness (QED) is 0.729. The summed E-state index contributed by atoms with van der Waals surface area (Å²) >= 11 is 0. The maximum atomic E-state index is 11.8. The summed E-state index contributed by atoms with van der Waals surface area (Å²) in [6, 6.07) is 6.07. The van der Waals surface area contributed by atoms with E-state index in [2.05, 4.69) is 4.74 Å². The van der Waals surface area contributed by atoms with Crippen molar-refractivity contribution in [3.63, 3.8) is 0 Å². The third-order valence-corrected chi connectivity index (χ3v) is 1.84. The van der Waals surface area contributed by atoms with Crippen LogP contribution in [0.3, 0.4) is 0 Å². The van der Waals surface area contributed by atoms with Crippen LogP contribution in [0.15, 0.2) is 24.3 Å². The van der Waals surface area contributed by atoms with Crippen molar-refractivity contribution in [1.29, 1.82) is 0 Å². The van der Waals surface area contributed by atoms with Crippen LogP contribution in [0.5, 0.6) is 5.75 Å². The zero-order valence-corrected chi connectivity index (χ0v) is 7.94. The molecule has 0 fully saturated rings. The average Bonchev–Trinajstić information content (AvgIpc) is 2.16. The molecule has 1 aromatic rings. The molecule has 82 valence electrons. The molecule has 0 atom stereocenters. The minimum absolute atomic E-state index is 0.0956. The minimum Gasteiger partial charge on any atom is -0.435 e. The molecule has 15 heavy (non-hydrogen) atoms. The third kappa shape index (κ3) is 4.76. The monoisotopic (exact) mass is 216 g/mol. The smallest absolute Gasteiger partial charge is 0.435 e. The Morgan fingerprint density at radius 3 is 2.27 bits per heavy atom. The molecule has 0 heterocycles. The van der Waals surface area contributed by atoms with Gasteiger partial charge in [0.25, 0.3) is 0 Å². The van der Waals surface area contributed by atoms with Crippen LogP contribution in [0.2, 0.25) is 6.32 Å². The van der Waals surface area contributed by atoms with Crippen LogP contribution < -0.4 is 4.74 Å². The van der Waals surface area contributed by atoms with Crippen LogP contribution in [-0.2, 0) is 6.42 Å². The van der Waals surface area contributed by atoms with E-state index in [1.165, 1.54) is 12.1 Å². The summed E-state index contributed by atoms with van der Waals surface area (Å²) in [6.45, 7) is -2.82. The molecule has 1 aromatic carbocycles. The van der Waals surface area contributed by atoms with Gasteiger partial charge in [0.15, 0.2) is 0 Å². The first-order valence-corrected chi connectivity index (χ1v) is 4.48. The molecule has 0 aromatic heterocycles. The molecule has 0 saturated heterocycles. The standard InChI is InChI=1S/C9H11BF2O3/c11-9(12)15-8-3-1-7(2-4-8)5-6-10(13)14/h1-4,9,13-14H,5-6H2. The first-order chi connectivity index (χ1) is 7.08. The lowest BCUT2D eigenvalue weighted by atomic mass is 9.83. The van der Waals surface area contributed by atoms with Gasteiger partial charge in [-0.1, -0.05) is 12.1 Å². The van der Waals surface area contributed by atoms with Crippen molar-refractivity contribution >= 4 is 7.12 Å². The van der Waals surface area contributed by atoms with Crippen molar-refractivity contribution < 1.29 is 23.6 Å². The molecular weight excluding hydrogens is 205 g/mol. The maximum absolute atomic E-state index is 11.8. The molecule has 0 amide bonds. The molecule has 0 saturated carbocycles. The Morgan fingerprint density at radius 2 is 1.80 bits per heavy atom. The normalized spacial score (nSPS) is 10.5. The summed E-state index contributed by atoms with van der Waals surface area (Å²) in [5.74, 6) is 0.0956. The van der Waals surface area contributed by atoms with Crippen LogP contribution in [0, 0.1) is 0 Å². The van der Waals surface area contributed by atoms with Gasteiger partial charge in [-0.05, 0) is 30.4 Å². The fraction of sp³-hybridized carbons (Fsp3) is 0.333. The van der Waals surface area contributed by atoms with Gasteiger partial charge in [0.1, 0.15) is 5.75 Å². The SMILES string of the molecule is OB(O)CCc1ccc(OC(F)F)cc1. The highest BCUT2D eigenvalue weighted by molar-refractivity contribution is 6.40. The Hall–Kier alpha value is -1.14. The van der Waals surface area contributed by atoms with E-state index in [0.717, 1.165) is 5.56 Å². The van der Waals surface area contributed by atoms with Crippen molar-refractivity contribution in [2.75, 3.05) is 0 Å². The van der Waals surface area contributed by atoms with E-state index in [4.69, 9.17) is 10.0 Å². The summed E-state index contributed by atoms with van der Waals surface area (Å²) in [5.41, 5.74) is 0.838. The Labute approximate surface area is 86.5 Å². The van der Waals surface area contributed by atoms with Gasteiger partial charge in [0, 0.05) is 0 Å². The first kappa shape index (κ1) is 11.9. The van der Waals surface area contributed by atoms with Crippen LogP contribution in [0.1, 0.15) is 5.56 Å². The molecule has 6 heteroatoms. The van der Waals surface area contributed by atoms with E-state index >= 15 is 0 Å². The Morgan fingerprint density at radius 1 is 1.20 bits per heavy atom. The molecule has 0 unspecified atom stereocenters. The maximum Gasteiger partial charge on any atom is 0.451 e. The second-order valence-electron chi connectivity index (χ2n) is 3.04. The minimum atomic E-state index is -2.82. The lowest BCUT2D eigenvalue weighted by Gasteiger charge is -2.05. The van der Waals surface area contributed by atoms with Crippen molar-refractivity contribution in [2.24, 2.45) is 0 Å². The number of ether oxygens (including phenoxy) is 1. The summed E-state index contributed by atoms with van der Waals surface area (Å²) < 4.78 is 27.7. The van der Waals surface area contributed by atoms with Crippen molar-refractivity contribution in [1.82, 2.24) is 0 Å². The van der Waals surface area contributed by atoms with Gasteiger partial charge in [-0.25, -0.2) is 0 Å². The van der Waals surface area contributed by atoms with E-state index in [1.807, 2.05) is 0 Å². The summed E-state index contributed by atoms with van der Waals surface area (Å²) in [4.78, 5) is 0. The van der Waals surface area contributed by atoms with Crippen LogP contribution in [-0.4, -0.2) is 23.8 Å². The van der Waals surface area contributed by atoms with Crippen molar-refractivity contribution in [3.8, 4) is 5.75 Å². The predicted octanol–water partition coefficient (Wildman–Crippen LogP) is 1.30. The van der Waals surface area contributed by atoms with E-state index < -0.39 is 13.7 Å². The topological polar surface area (TPSA) is 49.7 Å². The summed E-state index contributed by atoms with van der Waals surface area (Å²) in [6.07, 6.45) is 0.696. The molecule has 0 bridgehead atoms. The van der Waals surface area contributed by atoms with Gasteiger partial charge in [0.2, 0.25) is 0 Å².